The van der Waals surface area contributed by atoms with E-state index in [1.807, 2.05) is 18.8 Å². The Balaban J connectivity index is 2.49. The molecule has 1 rings (SSSR count). The molecule has 0 aliphatic heterocycles. The molecule has 0 aliphatic rings. The van der Waals surface area contributed by atoms with Crippen LogP contribution in [0, 0.1) is 0 Å². The fourth-order valence-electron chi connectivity index (χ4n) is 1.35. The zero-order chi connectivity index (χ0) is 11.1. The summed E-state index contributed by atoms with van der Waals surface area (Å²) in [6, 6.07) is 9.33. The minimum Gasteiger partial charge on any atom is -0.313 e. The van der Waals surface area contributed by atoms with Gasteiger partial charge < -0.3 is 5.32 Å². The van der Waals surface area contributed by atoms with Crippen molar-refractivity contribution in [3.05, 3.63) is 29.8 Å². The molecule has 1 nitrogen and oxygen atoms in total. The minimum absolute atomic E-state index is 0.444. The Labute approximate surface area is 97.7 Å². The summed E-state index contributed by atoms with van der Waals surface area (Å²) >= 11 is 1.95. The summed E-state index contributed by atoms with van der Waals surface area (Å²) in [6.07, 6.45) is 2.58. The van der Waals surface area contributed by atoms with Crippen LogP contribution in [0.3, 0.4) is 0 Å². The highest BCUT2D eigenvalue weighted by atomic mass is 32.2. The van der Waals surface area contributed by atoms with Crippen LogP contribution in [0.15, 0.2) is 29.2 Å². The van der Waals surface area contributed by atoms with Crippen molar-refractivity contribution < 1.29 is 0 Å². The number of unbranched alkanes of at least 4 members (excludes halogenated alkanes) is 1. The van der Waals surface area contributed by atoms with Crippen molar-refractivity contribution in [3.8, 4) is 0 Å². The highest BCUT2D eigenvalue weighted by Crippen LogP contribution is 2.21. The van der Waals surface area contributed by atoms with E-state index in [9.17, 15) is 0 Å². The summed E-state index contributed by atoms with van der Waals surface area (Å²) < 4.78 is 0. The highest BCUT2D eigenvalue weighted by molar-refractivity contribution is 7.99. The maximum Gasteiger partial charge on any atom is 0.0289 e. The number of rotatable bonds is 6. The molecule has 0 spiro atoms. The average molecular weight is 223 g/mol. The maximum absolute atomic E-state index is 3.25. The molecule has 1 aromatic rings. The second kappa shape index (κ2) is 6.91. The van der Waals surface area contributed by atoms with Crippen LogP contribution >= 0.6 is 11.8 Å². The fraction of sp³-hybridized carbons (Fsp3) is 0.538. The Bertz CT molecular complexity index is 268. The Kier molecular flexibility index (Phi) is 5.81. The summed E-state index contributed by atoms with van der Waals surface area (Å²) in [5.74, 6) is 1.23. The van der Waals surface area contributed by atoms with Crippen molar-refractivity contribution in [2.45, 2.75) is 37.6 Å². The maximum atomic E-state index is 3.25. The topological polar surface area (TPSA) is 12.0 Å². The van der Waals surface area contributed by atoms with E-state index in [2.05, 4.69) is 43.4 Å². The van der Waals surface area contributed by atoms with E-state index in [-0.39, 0.29) is 0 Å². The third-order valence-corrected chi connectivity index (χ3v) is 3.68. The van der Waals surface area contributed by atoms with Gasteiger partial charge in [0.05, 0.1) is 0 Å². The van der Waals surface area contributed by atoms with Crippen LogP contribution in [0.2, 0.25) is 0 Å². The van der Waals surface area contributed by atoms with Crippen LogP contribution in [0.5, 0.6) is 0 Å². The molecule has 0 saturated carbocycles. The Morgan fingerprint density at radius 3 is 2.47 bits per heavy atom. The first-order valence-electron chi connectivity index (χ1n) is 5.68. The van der Waals surface area contributed by atoms with Crippen LogP contribution in [-0.2, 0) is 0 Å². The van der Waals surface area contributed by atoms with Gasteiger partial charge in [-0.1, -0.05) is 25.5 Å². The van der Waals surface area contributed by atoms with Crippen LogP contribution in [-0.4, -0.2) is 12.8 Å². The normalized spacial score (nSPS) is 12.7. The Morgan fingerprint density at radius 2 is 1.93 bits per heavy atom. The quantitative estimate of drug-likeness (QED) is 0.580. The summed E-state index contributed by atoms with van der Waals surface area (Å²) in [4.78, 5) is 1.38. The van der Waals surface area contributed by atoms with Gasteiger partial charge in [-0.05, 0) is 43.8 Å². The first-order valence-corrected chi connectivity index (χ1v) is 6.66. The molecule has 15 heavy (non-hydrogen) atoms. The molecule has 0 radical (unpaired) electrons. The molecule has 0 heterocycles. The smallest absolute Gasteiger partial charge is 0.0289 e. The van der Waals surface area contributed by atoms with Crippen LogP contribution in [0.1, 0.15) is 38.3 Å². The molecule has 2 heteroatoms. The predicted octanol–water partition coefficient (Wildman–Crippen LogP) is 3.86. The highest BCUT2D eigenvalue weighted by Gasteiger charge is 2.01. The molecule has 1 atom stereocenters. The Hall–Kier alpha value is -0.470. The lowest BCUT2D eigenvalue weighted by molar-refractivity contribution is 0.652. The second-order valence-corrected chi connectivity index (χ2v) is 4.95. The van der Waals surface area contributed by atoms with Crippen LogP contribution in [0.25, 0.3) is 0 Å². The molecule has 0 aromatic heterocycles. The van der Waals surface area contributed by atoms with Crippen LogP contribution in [0.4, 0.5) is 0 Å². The van der Waals surface area contributed by atoms with Gasteiger partial charge in [0.25, 0.3) is 0 Å². The summed E-state index contributed by atoms with van der Waals surface area (Å²) in [5, 5.41) is 3.25. The molecule has 0 aliphatic carbocycles. The predicted molar refractivity (Wildman–Crippen MR) is 69.5 cm³/mol. The molecule has 0 saturated heterocycles. The van der Waals surface area contributed by atoms with Crippen LogP contribution < -0.4 is 5.32 Å². The Morgan fingerprint density at radius 1 is 1.27 bits per heavy atom. The molecule has 0 fully saturated rings. The first-order chi connectivity index (χ1) is 7.27. The van der Waals surface area contributed by atoms with Gasteiger partial charge in [-0.25, -0.2) is 0 Å². The first kappa shape index (κ1) is 12.6. The number of hydrogen-bond acceptors (Lipinski definition) is 2. The lowest BCUT2D eigenvalue weighted by Gasteiger charge is -2.10. The minimum atomic E-state index is 0.444. The number of nitrogens with one attached hydrogen (secondary N) is 1. The van der Waals surface area contributed by atoms with Gasteiger partial charge in [0.15, 0.2) is 0 Å². The van der Waals surface area contributed by atoms with E-state index in [0.29, 0.717) is 6.04 Å². The van der Waals surface area contributed by atoms with Gasteiger partial charge in [-0.15, -0.1) is 11.8 Å². The second-order valence-electron chi connectivity index (χ2n) is 3.78. The van der Waals surface area contributed by atoms with E-state index >= 15 is 0 Å². The number of thioether (sulfide) groups is 1. The monoisotopic (exact) mass is 223 g/mol. The molecule has 0 bridgehead atoms. The zero-order valence-corrected chi connectivity index (χ0v) is 10.7. The molecule has 1 aromatic carbocycles. The van der Waals surface area contributed by atoms with E-state index < -0.39 is 0 Å². The molecular weight excluding hydrogens is 202 g/mol. The fourth-order valence-corrected chi connectivity index (χ4v) is 2.35. The zero-order valence-electron chi connectivity index (χ0n) is 9.92. The summed E-state index contributed by atoms with van der Waals surface area (Å²) in [5.41, 5.74) is 1.36. The van der Waals surface area contributed by atoms with E-state index in [1.165, 1.54) is 29.1 Å². The van der Waals surface area contributed by atoms with Gasteiger partial charge >= 0.3 is 0 Å². The van der Waals surface area contributed by atoms with Gasteiger partial charge in [-0.2, -0.15) is 0 Å². The van der Waals surface area contributed by atoms with Gasteiger partial charge in [-0.3, -0.25) is 0 Å². The van der Waals surface area contributed by atoms with Gasteiger partial charge in [0.2, 0.25) is 0 Å². The standard InChI is InChI=1S/C13H21NS/c1-4-5-10-15-13-8-6-12(7-9-13)11(2)14-3/h6-9,11,14H,4-5,10H2,1-3H3. The number of benzene rings is 1. The molecule has 1 unspecified atom stereocenters. The van der Waals surface area contributed by atoms with Gasteiger partial charge in [0.1, 0.15) is 0 Å². The van der Waals surface area contributed by atoms with Gasteiger partial charge in [0, 0.05) is 10.9 Å². The third kappa shape index (κ3) is 4.27. The SMILES string of the molecule is CCCCSc1ccc(C(C)NC)cc1. The van der Waals surface area contributed by atoms with Crippen molar-refractivity contribution in [1.29, 1.82) is 0 Å². The molecule has 0 amide bonds. The van der Waals surface area contributed by atoms with Crippen molar-refractivity contribution in [2.24, 2.45) is 0 Å². The summed E-state index contributed by atoms with van der Waals surface area (Å²) in [6.45, 7) is 4.41. The van der Waals surface area contributed by atoms with Crippen molar-refractivity contribution in [3.63, 3.8) is 0 Å². The van der Waals surface area contributed by atoms with E-state index in [0.717, 1.165) is 0 Å². The van der Waals surface area contributed by atoms with Crippen molar-refractivity contribution >= 4 is 11.8 Å². The van der Waals surface area contributed by atoms with Crippen molar-refractivity contribution in [1.82, 2.24) is 5.32 Å². The summed E-state index contributed by atoms with van der Waals surface area (Å²) in [7, 11) is 1.99. The lowest BCUT2D eigenvalue weighted by Crippen LogP contribution is -2.11. The number of hydrogen-bond donors (Lipinski definition) is 1. The van der Waals surface area contributed by atoms with Crippen molar-refractivity contribution in [2.75, 3.05) is 12.8 Å². The lowest BCUT2D eigenvalue weighted by atomic mass is 10.1. The largest absolute Gasteiger partial charge is 0.313 e. The van der Waals surface area contributed by atoms with E-state index in [4.69, 9.17) is 0 Å². The third-order valence-electron chi connectivity index (χ3n) is 2.58. The van der Waals surface area contributed by atoms with E-state index in [1.54, 1.807) is 0 Å². The molecule has 84 valence electrons. The molecular formula is C13H21NS. The molecule has 1 N–H and O–H groups in total. The average Bonchev–Trinajstić information content (AvgIpc) is 2.29.